The largest absolute Gasteiger partial charge is 0.343 e. The molecule has 4 heterocycles. The van der Waals surface area contributed by atoms with Crippen LogP contribution in [0.2, 0.25) is 0 Å². The molecular formula is C20H28N4OS. The molecule has 5 nitrogen and oxygen atoms in total. The van der Waals surface area contributed by atoms with Crippen LogP contribution in [0.25, 0.3) is 11.0 Å². The summed E-state index contributed by atoms with van der Waals surface area (Å²) in [6, 6.07) is 4.22. The van der Waals surface area contributed by atoms with Gasteiger partial charge in [-0.15, -0.1) is 0 Å². The van der Waals surface area contributed by atoms with Crippen LogP contribution in [0, 0.1) is 0 Å². The number of carbonyl (C=O) groups excluding carboxylic acids is 1. The number of hydrogen-bond donors (Lipinski definition) is 1. The Bertz CT molecular complexity index is 768. The minimum atomic E-state index is 0.276. The van der Waals surface area contributed by atoms with Crippen molar-refractivity contribution in [1.82, 2.24) is 19.8 Å². The van der Waals surface area contributed by atoms with Gasteiger partial charge >= 0.3 is 0 Å². The van der Waals surface area contributed by atoms with Gasteiger partial charge in [0.2, 0.25) is 5.91 Å². The number of rotatable bonds is 4. The van der Waals surface area contributed by atoms with Crippen LogP contribution in [0.1, 0.15) is 43.4 Å². The van der Waals surface area contributed by atoms with Crippen LogP contribution < -0.4 is 0 Å². The van der Waals surface area contributed by atoms with Gasteiger partial charge in [0.05, 0.1) is 0 Å². The first kappa shape index (κ1) is 17.9. The zero-order chi connectivity index (χ0) is 17.9. The lowest BCUT2D eigenvalue weighted by atomic mass is 9.91. The highest BCUT2D eigenvalue weighted by molar-refractivity contribution is 7.99. The highest BCUT2D eigenvalue weighted by Crippen LogP contribution is 2.33. The number of nitrogens with zero attached hydrogens (tertiary/aromatic N) is 3. The number of amides is 1. The van der Waals surface area contributed by atoms with E-state index in [1.807, 2.05) is 30.9 Å². The predicted molar refractivity (Wildman–Crippen MR) is 108 cm³/mol. The summed E-state index contributed by atoms with van der Waals surface area (Å²) in [6.45, 7) is 6.99. The first-order valence-electron chi connectivity index (χ1n) is 9.79. The zero-order valence-corrected chi connectivity index (χ0v) is 16.4. The van der Waals surface area contributed by atoms with Crippen molar-refractivity contribution in [1.29, 1.82) is 0 Å². The van der Waals surface area contributed by atoms with Crippen LogP contribution in [0.5, 0.6) is 0 Å². The summed E-state index contributed by atoms with van der Waals surface area (Å²) in [5.41, 5.74) is 3.70. The van der Waals surface area contributed by atoms with Crippen molar-refractivity contribution in [3.8, 4) is 0 Å². The fourth-order valence-electron chi connectivity index (χ4n) is 4.26. The number of hydrogen-bond acceptors (Lipinski definition) is 4. The predicted octanol–water partition coefficient (Wildman–Crippen LogP) is 3.23. The molecule has 140 valence electrons. The summed E-state index contributed by atoms with van der Waals surface area (Å²) in [4.78, 5) is 25.0. The number of pyridine rings is 1. The number of fused-ring (bicyclic) bond motifs is 1. The smallest absolute Gasteiger partial charge is 0.222 e. The van der Waals surface area contributed by atoms with Crippen LogP contribution in [0.15, 0.2) is 18.3 Å². The molecule has 2 aromatic rings. The third-order valence-corrected chi connectivity index (χ3v) is 6.62. The minimum absolute atomic E-state index is 0.276. The number of H-pyrrole nitrogens is 1. The summed E-state index contributed by atoms with van der Waals surface area (Å²) in [5, 5.41) is 1.25. The molecule has 2 aliphatic heterocycles. The molecule has 1 amide bonds. The van der Waals surface area contributed by atoms with Crippen molar-refractivity contribution in [3.63, 3.8) is 0 Å². The van der Waals surface area contributed by atoms with Crippen molar-refractivity contribution < 1.29 is 4.79 Å². The molecule has 1 N–H and O–H groups in total. The maximum atomic E-state index is 12.2. The highest BCUT2D eigenvalue weighted by atomic mass is 32.2. The number of aromatic amines is 1. The third-order valence-electron chi connectivity index (χ3n) is 5.68. The van der Waals surface area contributed by atoms with Gasteiger partial charge in [0.1, 0.15) is 5.65 Å². The molecule has 4 rings (SSSR count). The Kier molecular flexibility index (Phi) is 5.50. The summed E-state index contributed by atoms with van der Waals surface area (Å²) >= 11 is 2.05. The first-order chi connectivity index (χ1) is 12.8. The fraction of sp³-hybridized carbons (Fsp3) is 0.600. The zero-order valence-electron chi connectivity index (χ0n) is 15.5. The summed E-state index contributed by atoms with van der Waals surface area (Å²) < 4.78 is 0. The lowest BCUT2D eigenvalue weighted by Crippen LogP contribution is -2.39. The Hall–Kier alpha value is -1.53. The van der Waals surface area contributed by atoms with Crippen LogP contribution in [-0.2, 0) is 11.3 Å². The molecule has 2 aliphatic rings. The second kappa shape index (κ2) is 8.01. The average Bonchev–Trinajstić information content (AvgIpc) is 3.07. The Morgan fingerprint density at radius 2 is 2.19 bits per heavy atom. The SMILES string of the molecule is CCC(=O)N1CCC[C@H](c2[nH]c3ncccc3c2CN2CCSCC2)C1. The Morgan fingerprint density at radius 1 is 1.35 bits per heavy atom. The summed E-state index contributed by atoms with van der Waals surface area (Å²) in [5.74, 6) is 3.11. The van der Waals surface area contributed by atoms with Crippen LogP contribution in [0.4, 0.5) is 0 Å². The van der Waals surface area contributed by atoms with Gasteiger partial charge < -0.3 is 9.88 Å². The van der Waals surface area contributed by atoms with Crippen LogP contribution in [0.3, 0.4) is 0 Å². The molecule has 0 bridgehead atoms. The third kappa shape index (κ3) is 3.62. The quantitative estimate of drug-likeness (QED) is 0.895. The lowest BCUT2D eigenvalue weighted by Gasteiger charge is -2.33. The molecule has 6 heteroatoms. The number of likely N-dealkylation sites (tertiary alicyclic amines) is 1. The van der Waals surface area contributed by atoms with Crippen molar-refractivity contribution >= 4 is 28.7 Å². The molecular weight excluding hydrogens is 344 g/mol. The molecule has 1 atom stereocenters. The fourth-order valence-corrected chi connectivity index (χ4v) is 5.24. The molecule has 0 spiro atoms. The van der Waals surface area contributed by atoms with Gasteiger partial charge in [0.25, 0.3) is 0 Å². The molecule has 2 saturated heterocycles. The normalized spacial score (nSPS) is 22.0. The van der Waals surface area contributed by atoms with Crippen molar-refractivity contribution in [3.05, 3.63) is 29.6 Å². The van der Waals surface area contributed by atoms with E-state index in [0.717, 1.165) is 51.2 Å². The molecule has 0 aliphatic carbocycles. The van der Waals surface area contributed by atoms with Gasteiger partial charge in [-0.05, 0) is 30.5 Å². The first-order valence-corrected chi connectivity index (χ1v) is 10.9. The van der Waals surface area contributed by atoms with Gasteiger partial charge in [-0.3, -0.25) is 9.69 Å². The molecule has 2 aromatic heterocycles. The molecule has 0 radical (unpaired) electrons. The van der Waals surface area contributed by atoms with Crippen molar-refractivity contribution in [2.45, 2.75) is 38.6 Å². The van der Waals surface area contributed by atoms with Gasteiger partial charge in [-0.1, -0.05) is 6.92 Å². The number of aromatic nitrogens is 2. The van der Waals surface area contributed by atoms with Crippen LogP contribution in [-0.4, -0.2) is 63.4 Å². The minimum Gasteiger partial charge on any atom is -0.343 e. The Balaban J connectivity index is 1.65. The van der Waals surface area contributed by atoms with E-state index in [4.69, 9.17) is 0 Å². The highest BCUT2D eigenvalue weighted by Gasteiger charge is 2.28. The van der Waals surface area contributed by atoms with Crippen LogP contribution >= 0.6 is 11.8 Å². The number of carbonyl (C=O) groups is 1. The Morgan fingerprint density at radius 3 is 3.00 bits per heavy atom. The lowest BCUT2D eigenvalue weighted by molar-refractivity contribution is -0.132. The second-order valence-electron chi connectivity index (χ2n) is 7.34. The van der Waals surface area contributed by atoms with Gasteiger partial charge in [0.15, 0.2) is 0 Å². The van der Waals surface area contributed by atoms with E-state index in [9.17, 15) is 4.79 Å². The van der Waals surface area contributed by atoms with Gasteiger partial charge in [0, 0.05) is 73.8 Å². The summed E-state index contributed by atoms with van der Waals surface area (Å²) in [7, 11) is 0. The van der Waals surface area contributed by atoms with E-state index < -0.39 is 0 Å². The number of nitrogens with one attached hydrogen (secondary N) is 1. The maximum Gasteiger partial charge on any atom is 0.222 e. The van der Waals surface area contributed by atoms with E-state index >= 15 is 0 Å². The van der Waals surface area contributed by atoms with Crippen molar-refractivity contribution in [2.75, 3.05) is 37.7 Å². The standard InChI is InChI=1S/C20H28N4OS/c1-2-18(25)24-8-4-5-15(13-24)19-17(14-23-9-11-26-12-10-23)16-6-3-7-21-20(16)22-19/h3,6-7,15H,2,4-5,8-14H2,1H3,(H,21,22)/t15-/m0/s1. The Labute approximate surface area is 159 Å². The molecule has 2 fully saturated rings. The average molecular weight is 373 g/mol. The molecule has 0 aromatic carbocycles. The molecule has 0 unspecified atom stereocenters. The van der Waals surface area contributed by atoms with E-state index in [0.29, 0.717) is 12.3 Å². The van der Waals surface area contributed by atoms with Gasteiger partial charge in [-0.25, -0.2) is 4.98 Å². The topological polar surface area (TPSA) is 52.2 Å². The molecule has 0 saturated carbocycles. The maximum absolute atomic E-state index is 12.2. The monoisotopic (exact) mass is 372 g/mol. The van der Waals surface area contributed by atoms with E-state index in [1.165, 1.54) is 28.1 Å². The summed E-state index contributed by atoms with van der Waals surface area (Å²) in [6.07, 6.45) is 4.68. The van der Waals surface area contributed by atoms with E-state index in [-0.39, 0.29) is 5.91 Å². The van der Waals surface area contributed by atoms with E-state index in [1.54, 1.807) is 0 Å². The van der Waals surface area contributed by atoms with E-state index in [2.05, 4.69) is 25.8 Å². The number of piperidine rings is 1. The molecule has 26 heavy (non-hydrogen) atoms. The number of thioether (sulfide) groups is 1. The van der Waals surface area contributed by atoms with Gasteiger partial charge in [-0.2, -0.15) is 11.8 Å². The second-order valence-corrected chi connectivity index (χ2v) is 8.56. The van der Waals surface area contributed by atoms with Crippen molar-refractivity contribution in [2.24, 2.45) is 0 Å².